The Bertz CT molecular complexity index is 508. The van der Waals surface area contributed by atoms with Crippen molar-refractivity contribution in [2.45, 2.75) is 59.7 Å². The second-order valence-electron chi connectivity index (χ2n) is 6.74. The highest BCUT2D eigenvalue weighted by molar-refractivity contribution is 6.01. The highest BCUT2D eigenvalue weighted by Crippen LogP contribution is 2.32. The Balaban J connectivity index is 3.08. The molecule has 0 saturated heterocycles. The number of carbonyl (C=O) groups is 3. The van der Waals surface area contributed by atoms with Gasteiger partial charge in [0.1, 0.15) is 6.10 Å². The van der Waals surface area contributed by atoms with E-state index in [0.717, 1.165) is 6.42 Å². The van der Waals surface area contributed by atoms with Crippen LogP contribution in [0.5, 0.6) is 0 Å². The maximum absolute atomic E-state index is 12.5. The fraction of sp³-hybridized carbons (Fsp3) is 0.722. The summed E-state index contributed by atoms with van der Waals surface area (Å²) in [4.78, 5) is 36.1. The van der Waals surface area contributed by atoms with Crippen LogP contribution in [0.25, 0.3) is 0 Å². The van der Waals surface area contributed by atoms with Crippen LogP contribution in [0.1, 0.15) is 47.5 Å². The van der Waals surface area contributed by atoms with E-state index in [1.54, 1.807) is 0 Å². The number of esters is 2. The largest absolute Gasteiger partial charge is 0.458 e. The summed E-state index contributed by atoms with van der Waals surface area (Å²) in [5.74, 6) is -1.73. The van der Waals surface area contributed by atoms with Gasteiger partial charge in [-0.3, -0.25) is 14.4 Å². The average molecular weight is 340 g/mol. The van der Waals surface area contributed by atoms with E-state index in [-0.39, 0.29) is 23.8 Å². The lowest BCUT2D eigenvalue weighted by Crippen LogP contribution is -2.48. The van der Waals surface area contributed by atoms with Crippen molar-refractivity contribution in [3.63, 3.8) is 0 Å². The van der Waals surface area contributed by atoms with Gasteiger partial charge in [-0.1, -0.05) is 34.1 Å². The zero-order valence-corrected chi connectivity index (χ0v) is 15.1. The van der Waals surface area contributed by atoms with Crippen molar-refractivity contribution in [3.8, 4) is 0 Å². The molecule has 6 heteroatoms. The van der Waals surface area contributed by atoms with Crippen LogP contribution in [0.15, 0.2) is 11.6 Å². The molecule has 136 valence electrons. The molecule has 0 heterocycles. The van der Waals surface area contributed by atoms with Crippen molar-refractivity contribution in [1.82, 2.24) is 0 Å². The molecule has 0 unspecified atom stereocenters. The van der Waals surface area contributed by atoms with E-state index in [2.05, 4.69) is 0 Å². The van der Waals surface area contributed by atoms with Crippen molar-refractivity contribution in [1.29, 1.82) is 0 Å². The number of aliphatic hydroxyl groups is 1. The van der Waals surface area contributed by atoms with E-state index in [9.17, 15) is 19.5 Å². The third kappa shape index (κ3) is 5.16. The van der Waals surface area contributed by atoms with E-state index in [4.69, 9.17) is 9.47 Å². The summed E-state index contributed by atoms with van der Waals surface area (Å²) >= 11 is 0. The molecule has 1 aliphatic rings. The number of rotatable bonds is 7. The van der Waals surface area contributed by atoms with E-state index in [1.165, 1.54) is 13.0 Å². The van der Waals surface area contributed by atoms with Crippen molar-refractivity contribution in [3.05, 3.63) is 11.6 Å². The quantitative estimate of drug-likeness (QED) is 0.713. The Morgan fingerprint density at radius 1 is 1.25 bits per heavy atom. The van der Waals surface area contributed by atoms with Gasteiger partial charge in [0.25, 0.3) is 0 Å². The molecule has 1 N–H and O–H groups in total. The number of carbonyl (C=O) groups excluding carboxylic acids is 3. The first-order chi connectivity index (χ1) is 11.2. The molecule has 0 aromatic heterocycles. The predicted octanol–water partition coefficient (Wildman–Crippen LogP) is 2.04. The molecule has 0 fully saturated rings. The van der Waals surface area contributed by atoms with E-state index >= 15 is 0 Å². The minimum absolute atomic E-state index is 0.0591. The molecule has 0 amide bonds. The zero-order chi connectivity index (χ0) is 18.4. The first-order valence-corrected chi connectivity index (χ1v) is 8.43. The molecule has 4 atom stereocenters. The zero-order valence-electron chi connectivity index (χ0n) is 15.1. The Kier molecular flexibility index (Phi) is 7.60. The number of hydrogen-bond donors (Lipinski definition) is 1. The molecule has 0 aromatic rings. The van der Waals surface area contributed by atoms with Gasteiger partial charge < -0.3 is 14.6 Å². The third-order valence-corrected chi connectivity index (χ3v) is 4.38. The van der Waals surface area contributed by atoms with E-state index in [0.29, 0.717) is 0 Å². The minimum atomic E-state index is -1.04. The first-order valence-electron chi connectivity index (χ1n) is 8.43. The molecule has 0 spiro atoms. The van der Waals surface area contributed by atoms with Crippen LogP contribution >= 0.6 is 0 Å². The minimum Gasteiger partial charge on any atom is -0.458 e. The van der Waals surface area contributed by atoms with Crippen LogP contribution in [0.3, 0.4) is 0 Å². The average Bonchev–Trinajstić information content (AvgIpc) is 2.48. The molecule has 1 aliphatic carbocycles. The summed E-state index contributed by atoms with van der Waals surface area (Å²) in [7, 11) is 0. The summed E-state index contributed by atoms with van der Waals surface area (Å²) in [6.07, 6.45) is 0.774. The van der Waals surface area contributed by atoms with Gasteiger partial charge in [-0.05, 0) is 17.9 Å². The summed E-state index contributed by atoms with van der Waals surface area (Å²) < 4.78 is 10.8. The van der Waals surface area contributed by atoms with Gasteiger partial charge in [0.05, 0.1) is 6.61 Å². The van der Waals surface area contributed by atoms with Crippen molar-refractivity contribution in [2.24, 2.45) is 17.8 Å². The second kappa shape index (κ2) is 8.97. The summed E-state index contributed by atoms with van der Waals surface area (Å²) in [6.45, 7) is 8.46. The van der Waals surface area contributed by atoms with E-state index < -0.39 is 42.5 Å². The lowest BCUT2D eigenvalue weighted by atomic mass is 9.77. The normalized spacial score (nSPS) is 25.2. The van der Waals surface area contributed by atoms with Crippen molar-refractivity contribution in [2.75, 3.05) is 6.61 Å². The molecule has 6 nitrogen and oxygen atoms in total. The maximum Gasteiger partial charge on any atom is 0.306 e. The maximum atomic E-state index is 12.5. The molecule has 0 aromatic carbocycles. The lowest BCUT2D eigenvalue weighted by molar-refractivity contribution is -0.167. The molecule has 0 bridgehead atoms. The number of ketones is 1. The molecular formula is C18H28O6. The van der Waals surface area contributed by atoms with Crippen molar-refractivity contribution >= 4 is 17.7 Å². The molecule has 0 aliphatic heterocycles. The fourth-order valence-electron chi connectivity index (χ4n) is 2.84. The molecule has 0 radical (unpaired) electrons. The van der Waals surface area contributed by atoms with Crippen LogP contribution in [0.4, 0.5) is 0 Å². The summed E-state index contributed by atoms with van der Waals surface area (Å²) in [5, 5.41) is 9.40. The number of ether oxygens (including phenoxy) is 2. The highest BCUT2D eigenvalue weighted by Gasteiger charge is 2.44. The highest BCUT2D eigenvalue weighted by atomic mass is 16.6. The smallest absolute Gasteiger partial charge is 0.306 e. The molecular weight excluding hydrogens is 312 g/mol. The predicted molar refractivity (Wildman–Crippen MR) is 88.0 cm³/mol. The topological polar surface area (TPSA) is 89.9 Å². The standard InChI is InChI=1S/C18H28O6/c1-6-11(4)7-15(21)24-18-16(10(2)3)14(23-12(5)20)8-13(9-19)17(18)22/h8,10-11,14,16,18-19H,6-7,9H2,1-5H3/t11-,14-,16-,18+/m1/s1. The van der Waals surface area contributed by atoms with E-state index in [1.807, 2.05) is 27.7 Å². The van der Waals surface area contributed by atoms with Crippen LogP contribution in [-0.4, -0.2) is 41.6 Å². The number of hydrogen-bond acceptors (Lipinski definition) is 6. The molecule has 1 rings (SSSR count). The van der Waals surface area contributed by atoms with Gasteiger partial charge in [-0.25, -0.2) is 0 Å². The Hall–Kier alpha value is -1.69. The van der Waals surface area contributed by atoms with Gasteiger partial charge in [0.15, 0.2) is 6.10 Å². The third-order valence-electron chi connectivity index (χ3n) is 4.38. The fourth-order valence-corrected chi connectivity index (χ4v) is 2.84. The number of Topliss-reactive ketones (excluding diaryl/α,β-unsaturated/α-hetero) is 1. The monoisotopic (exact) mass is 340 g/mol. The van der Waals surface area contributed by atoms with Crippen LogP contribution < -0.4 is 0 Å². The number of aliphatic hydroxyl groups excluding tert-OH is 1. The lowest BCUT2D eigenvalue weighted by Gasteiger charge is -2.37. The van der Waals surface area contributed by atoms with Gasteiger partial charge in [0.2, 0.25) is 5.78 Å². The van der Waals surface area contributed by atoms with Crippen LogP contribution in [0.2, 0.25) is 0 Å². The SMILES string of the molecule is CC[C@@H](C)CC(=O)O[C@@H]1C(=O)C(CO)=C[C@@H](OC(C)=O)[C@H]1C(C)C. The summed E-state index contributed by atoms with van der Waals surface area (Å²) in [5.41, 5.74) is 0.111. The Morgan fingerprint density at radius 2 is 1.88 bits per heavy atom. The van der Waals surface area contributed by atoms with Gasteiger partial charge in [0, 0.05) is 24.8 Å². The van der Waals surface area contributed by atoms with Gasteiger partial charge in [-0.2, -0.15) is 0 Å². The first kappa shape index (κ1) is 20.4. The molecule has 0 saturated carbocycles. The van der Waals surface area contributed by atoms with Gasteiger partial charge in [-0.15, -0.1) is 0 Å². The van der Waals surface area contributed by atoms with Gasteiger partial charge >= 0.3 is 11.9 Å². The Morgan fingerprint density at radius 3 is 2.33 bits per heavy atom. The van der Waals surface area contributed by atoms with Crippen molar-refractivity contribution < 1.29 is 29.0 Å². The Labute approximate surface area is 143 Å². The molecule has 24 heavy (non-hydrogen) atoms. The van der Waals surface area contributed by atoms with Crippen LogP contribution in [-0.2, 0) is 23.9 Å². The second-order valence-corrected chi connectivity index (χ2v) is 6.74. The summed E-state index contributed by atoms with van der Waals surface area (Å²) in [6, 6.07) is 0. The van der Waals surface area contributed by atoms with Crippen LogP contribution in [0, 0.1) is 17.8 Å².